The number of hydrogen-bond donors (Lipinski definition) is 0. The van der Waals surface area contributed by atoms with E-state index >= 15 is 0 Å². The minimum Gasteiger partial charge on any atom is -0.292 e. The van der Waals surface area contributed by atoms with E-state index in [1.165, 1.54) is 37.7 Å². The molecule has 3 atom stereocenters. The summed E-state index contributed by atoms with van der Waals surface area (Å²) in [5.41, 5.74) is 2.08. The van der Waals surface area contributed by atoms with E-state index in [4.69, 9.17) is 0 Å². The van der Waals surface area contributed by atoms with Gasteiger partial charge in [0.05, 0.1) is 12.1 Å². The largest absolute Gasteiger partial charge is 0.292 e. The van der Waals surface area contributed by atoms with Crippen LogP contribution in [0.3, 0.4) is 0 Å². The standard InChI is InChI=1S/C21H22BrNO/c22-18-14-8-7-13-17(18)21(24)20-19(15-9-3-1-4-10-15)23(20)16-11-5-2-6-12-16/h1,3-4,7-10,13-14,16,19-20H,2,5-6,11-12H2/t19-,20+,23?/m0/s1. The first-order chi connectivity index (χ1) is 11.8. The van der Waals surface area contributed by atoms with Gasteiger partial charge in [0.25, 0.3) is 0 Å². The van der Waals surface area contributed by atoms with Gasteiger partial charge in [-0.2, -0.15) is 0 Å². The Hall–Kier alpha value is -1.45. The Morgan fingerprint density at radius 1 is 0.917 bits per heavy atom. The molecule has 2 aromatic rings. The Balaban J connectivity index is 1.64. The average Bonchev–Trinajstić information content (AvgIpc) is 3.39. The van der Waals surface area contributed by atoms with Crippen LogP contribution in [0.15, 0.2) is 59.1 Å². The van der Waals surface area contributed by atoms with Crippen LogP contribution in [0.5, 0.6) is 0 Å². The second kappa shape index (κ2) is 6.81. The molecular weight excluding hydrogens is 362 g/mol. The van der Waals surface area contributed by atoms with Crippen LogP contribution in [0.25, 0.3) is 0 Å². The van der Waals surface area contributed by atoms with Gasteiger partial charge in [-0.3, -0.25) is 9.69 Å². The van der Waals surface area contributed by atoms with Crippen molar-refractivity contribution in [1.29, 1.82) is 0 Å². The molecule has 2 nitrogen and oxygen atoms in total. The summed E-state index contributed by atoms with van der Waals surface area (Å²) >= 11 is 3.55. The molecule has 1 aliphatic carbocycles. The van der Waals surface area contributed by atoms with Gasteiger partial charge in [0.1, 0.15) is 0 Å². The minimum atomic E-state index is -0.00537. The molecule has 1 aliphatic heterocycles. The zero-order chi connectivity index (χ0) is 16.5. The van der Waals surface area contributed by atoms with Crippen molar-refractivity contribution in [2.75, 3.05) is 0 Å². The number of ketones is 1. The third kappa shape index (κ3) is 2.96. The zero-order valence-corrected chi connectivity index (χ0v) is 15.3. The maximum Gasteiger partial charge on any atom is 0.183 e. The number of benzene rings is 2. The Labute approximate surface area is 152 Å². The van der Waals surface area contributed by atoms with Gasteiger partial charge in [0.2, 0.25) is 0 Å². The van der Waals surface area contributed by atoms with Crippen molar-refractivity contribution in [2.45, 2.75) is 50.2 Å². The molecule has 24 heavy (non-hydrogen) atoms. The lowest BCUT2D eigenvalue weighted by Crippen LogP contribution is -2.26. The molecule has 1 unspecified atom stereocenters. The molecule has 4 rings (SSSR count). The molecule has 3 heteroatoms. The minimum absolute atomic E-state index is 0.00537. The lowest BCUT2D eigenvalue weighted by molar-refractivity contribution is 0.0962. The van der Waals surface area contributed by atoms with Crippen LogP contribution in [0.4, 0.5) is 0 Å². The van der Waals surface area contributed by atoms with Crippen LogP contribution >= 0.6 is 15.9 Å². The average molecular weight is 384 g/mol. The highest BCUT2D eigenvalue weighted by molar-refractivity contribution is 9.10. The SMILES string of the molecule is O=C(c1ccccc1Br)[C@H]1[C@H](c2ccccc2)N1C1CCCCC1. The van der Waals surface area contributed by atoms with Crippen LogP contribution < -0.4 is 0 Å². The molecule has 0 N–H and O–H groups in total. The fraction of sp³-hybridized carbons (Fsp3) is 0.381. The summed E-state index contributed by atoms with van der Waals surface area (Å²) in [6.07, 6.45) is 6.37. The summed E-state index contributed by atoms with van der Waals surface area (Å²) in [6.45, 7) is 0. The van der Waals surface area contributed by atoms with E-state index in [0.717, 1.165) is 10.0 Å². The first-order valence-electron chi connectivity index (χ1n) is 8.88. The summed E-state index contributed by atoms with van der Waals surface area (Å²) in [4.78, 5) is 15.7. The van der Waals surface area contributed by atoms with Gasteiger partial charge < -0.3 is 0 Å². The van der Waals surface area contributed by atoms with Crippen molar-refractivity contribution < 1.29 is 4.79 Å². The van der Waals surface area contributed by atoms with Crippen LogP contribution in [0.1, 0.15) is 54.1 Å². The van der Waals surface area contributed by atoms with Gasteiger partial charge in [-0.1, -0.05) is 83.7 Å². The normalized spacial score (nSPS) is 27.0. The van der Waals surface area contributed by atoms with Gasteiger partial charge in [0.15, 0.2) is 5.78 Å². The molecule has 1 saturated heterocycles. The van der Waals surface area contributed by atoms with Crippen LogP contribution in [-0.4, -0.2) is 22.8 Å². The summed E-state index contributed by atoms with van der Waals surface area (Å²) in [7, 11) is 0. The van der Waals surface area contributed by atoms with Crippen molar-refractivity contribution in [3.05, 3.63) is 70.2 Å². The number of carbonyl (C=O) groups is 1. The van der Waals surface area contributed by atoms with Gasteiger partial charge in [-0.05, 0) is 24.5 Å². The summed E-state index contributed by atoms with van der Waals surface area (Å²) in [5.74, 6) is 0.252. The lowest BCUT2D eigenvalue weighted by atomic mass is 9.95. The van der Waals surface area contributed by atoms with Crippen molar-refractivity contribution in [3.63, 3.8) is 0 Å². The van der Waals surface area contributed by atoms with Gasteiger partial charge in [-0.15, -0.1) is 0 Å². The fourth-order valence-electron chi connectivity index (χ4n) is 4.19. The van der Waals surface area contributed by atoms with E-state index in [1.54, 1.807) is 0 Å². The molecule has 0 bridgehead atoms. The lowest BCUT2D eigenvalue weighted by Gasteiger charge is -2.24. The maximum atomic E-state index is 13.2. The molecule has 1 heterocycles. The monoisotopic (exact) mass is 383 g/mol. The zero-order valence-electron chi connectivity index (χ0n) is 13.7. The van der Waals surface area contributed by atoms with E-state index in [-0.39, 0.29) is 17.9 Å². The third-order valence-electron chi connectivity index (χ3n) is 5.40. The van der Waals surface area contributed by atoms with E-state index in [0.29, 0.717) is 6.04 Å². The number of hydrogen-bond acceptors (Lipinski definition) is 2. The van der Waals surface area contributed by atoms with Gasteiger partial charge in [-0.25, -0.2) is 0 Å². The van der Waals surface area contributed by atoms with E-state index in [2.05, 4.69) is 45.1 Å². The quantitative estimate of drug-likeness (QED) is 0.520. The summed E-state index contributed by atoms with van der Waals surface area (Å²) in [5, 5.41) is 0. The molecule has 0 spiro atoms. The van der Waals surface area contributed by atoms with Crippen molar-refractivity contribution in [2.24, 2.45) is 0 Å². The number of Topliss-reactive ketones (excluding diaryl/α,β-unsaturated/α-hetero) is 1. The summed E-state index contributed by atoms with van der Waals surface area (Å²) in [6, 6.07) is 19.1. The van der Waals surface area contributed by atoms with Gasteiger partial charge >= 0.3 is 0 Å². The Morgan fingerprint density at radius 3 is 2.29 bits per heavy atom. The topological polar surface area (TPSA) is 20.1 Å². The molecule has 0 aromatic heterocycles. The highest BCUT2D eigenvalue weighted by atomic mass is 79.9. The number of carbonyl (C=O) groups excluding carboxylic acids is 1. The van der Waals surface area contributed by atoms with Crippen LogP contribution in [0, 0.1) is 0 Å². The molecule has 2 fully saturated rings. The van der Waals surface area contributed by atoms with E-state index in [9.17, 15) is 4.79 Å². The highest BCUT2D eigenvalue weighted by Crippen LogP contribution is 2.49. The number of nitrogens with zero attached hydrogens (tertiary/aromatic N) is 1. The van der Waals surface area contributed by atoms with E-state index < -0.39 is 0 Å². The van der Waals surface area contributed by atoms with Crippen LogP contribution in [0.2, 0.25) is 0 Å². The molecule has 0 radical (unpaired) electrons. The number of rotatable bonds is 4. The Morgan fingerprint density at radius 2 is 1.58 bits per heavy atom. The van der Waals surface area contributed by atoms with Crippen molar-refractivity contribution >= 4 is 21.7 Å². The first-order valence-corrected chi connectivity index (χ1v) is 9.68. The summed E-state index contributed by atoms with van der Waals surface area (Å²) < 4.78 is 0.900. The van der Waals surface area contributed by atoms with Crippen LogP contribution in [-0.2, 0) is 0 Å². The molecule has 2 aromatic carbocycles. The Bertz CT molecular complexity index is 724. The predicted molar refractivity (Wildman–Crippen MR) is 100 cm³/mol. The third-order valence-corrected chi connectivity index (χ3v) is 6.09. The van der Waals surface area contributed by atoms with Gasteiger partial charge in [0, 0.05) is 16.1 Å². The molecule has 124 valence electrons. The molecule has 0 amide bonds. The second-order valence-corrected chi connectivity index (χ2v) is 7.74. The second-order valence-electron chi connectivity index (χ2n) is 6.88. The van der Waals surface area contributed by atoms with Crippen molar-refractivity contribution in [1.82, 2.24) is 4.90 Å². The molecular formula is C21H22BrNO. The number of halogens is 1. The fourth-order valence-corrected chi connectivity index (χ4v) is 4.67. The molecule has 1 saturated carbocycles. The smallest absolute Gasteiger partial charge is 0.183 e. The maximum absolute atomic E-state index is 13.2. The van der Waals surface area contributed by atoms with Crippen molar-refractivity contribution in [3.8, 4) is 0 Å². The highest BCUT2D eigenvalue weighted by Gasteiger charge is 2.56. The van der Waals surface area contributed by atoms with E-state index in [1.807, 2.05) is 30.3 Å². The predicted octanol–water partition coefficient (Wildman–Crippen LogP) is 5.39. The Kier molecular flexibility index (Phi) is 4.55. The first kappa shape index (κ1) is 16.0. The molecule has 2 aliphatic rings.